The number of fused-ring (bicyclic) bond motifs is 1. The number of aromatic nitrogens is 2. The molecule has 96 valence electrons. The van der Waals surface area contributed by atoms with Gasteiger partial charge in [-0.25, -0.2) is 4.98 Å². The molecule has 3 aromatic rings. The van der Waals surface area contributed by atoms with E-state index in [1.807, 2.05) is 42.5 Å². The first-order chi connectivity index (χ1) is 9.31. The van der Waals surface area contributed by atoms with Crippen LogP contribution >= 0.6 is 0 Å². The second-order valence-electron chi connectivity index (χ2n) is 4.34. The lowest BCUT2D eigenvalue weighted by Gasteiger charge is -2.04. The summed E-state index contributed by atoms with van der Waals surface area (Å²) >= 11 is 0. The van der Waals surface area contributed by atoms with Crippen LogP contribution in [0.25, 0.3) is 22.4 Å². The normalized spacial score (nSPS) is 10.8. The van der Waals surface area contributed by atoms with Gasteiger partial charge >= 0.3 is 0 Å². The Hall–Kier alpha value is -2.33. The van der Waals surface area contributed by atoms with Crippen molar-refractivity contribution in [1.29, 1.82) is 0 Å². The molecule has 0 aliphatic rings. The van der Waals surface area contributed by atoms with Gasteiger partial charge in [-0.2, -0.15) is 0 Å². The lowest BCUT2D eigenvalue weighted by Crippen LogP contribution is -1.95. The molecule has 0 bridgehead atoms. The third kappa shape index (κ3) is 2.06. The molecule has 0 fully saturated rings. The number of methoxy groups -OCH3 is 1. The standard InChI is InChI=1S/C15H15N3O/c1-19-14-5-3-2-4-11(14)15-17-12-7-6-10(9-16)8-13(12)18-15/h2-8H,9,16H2,1H3,(H,17,18). The van der Waals surface area contributed by atoms with Crippen LogP contribution in [0.2, 0.25) is 0 Å². The molecule has 3 rings (SSSR count). The van der Waals surface area contributed by atoms with E-state index in [2.05, 4.69) is 9.97 Å². The number of H-pyrrole nitrogens is 1. The van der Waals surface area contributed by atoms with E-state index in [1.165, 1.54) is 0 Å². The van der Waals surface area contributed by atoms with Crippen LogP contribution in [0.3, 0.4) is 0 Å². The van der Waals surface area contributed by atoms with Gasteiger partial charge in [0.15, 0.2) is 0 Å². The highest BCUT2D eigenvalue weighted by atomic mass is 16.5. The van der Waals surface area contributed by atoms with Crippen LogP contribution in [0.1, 0.15) is 5.56 Å². The maximum atomic E-state index is 5.65. The zero-order valence-electron chi connectivity index (χ0n) is 10.7. The van der Waals surface area contributed by atoms with Crippen LogP contribution < -0.4 is 10.5 Å². The van der Waals surface area contributed by atoms with Crippen LogP contribution in [0.15, 0.2) is 42.5 Å². The first-order valence-corrected chi connectivity index (χ1v) is 6.14. The number of para-hydroxylation sites is 1. The minimum Gasteiger partial charge on any atom is -0.496 e. The van der Waals surface area contributed by atoms with E-state index in [4.69, 9.17) is 10.5 Å². The fourth-order valence-corrected chi connectivity index (χ4v) is 2.15. The summed E-state index contributed by atoms with van der Waals surface area (Å²) in [5.41, 5.74) is 9.61. The minimum absolute atomic E-state index is 0.527. The lowest BCUT2D eigenvalue weighted by atomic mass is 10.2. The van der Waals surface area contributed by atoms with Gasteiger partial charge in [-0.3, -0.25) is 0 Å². The highest BCUT2D eigenvalue weighted by Crippen LogP contribution is 2.29. The molecule has 1 heterocycles. The predicted octanol–water partition coefficient (Wildman–Crippen LogP) is 2.70. The fraction of sp³-hybridized carbons (Fsp3) is 0.133. The van der Waals surface area contributed by atoms with Crippen LogP contribution in [0, 0.1) is 0 Å². The van der Waals surface area contributed by atoms with Crippen molar-refractivity contribution in [1.82, 2.24) is 9.97 Å². The van der Waals surface area contributed by atoms with Gasteiger partial charge in [-0.1, -0.05) is 18.2 Å². The van der Waals surface area contributed by atoms with E-state index in [9.17, 15) is 0 Å². The summed E-state index contributed by atoms with van der Waals surface area (Å²) in [4.78, 5) is 7.91. The molecular weight excluding hydrogens is 238 g/mol. The molecule has 0 radical (unpaired) electrons. The second-order valence-corrected chi connectivity index (χ2v) is 4.34. The first-order valence-electron chi connectivity index (χ1n) is 6.14. The van der Waals surface area contributed by atoms with Gasteiger partial charge in [0.1, 0.15) is 11.6 Å². The van der Waals surface area contributed by atoms with Crippen molar-refractivity contribution >= 4 is 11.0 Å². The van der Waals surface area contributed by atoms with Crippen molar-refractivity contribution in [2.75, 3.05) is 7.11 Å². The average Bonchev–Trinajstić information content (AvgIpc) is 2.89. The van der Waals surface area contributed by atoms with Gasteiger partial charge in [-0.15, -0.1) is 0 Å². The molecule has 4 nitrogen and oxygen atoms in total. The van der Waals surface area contributed by atoms with E-state index in [0.717, 1.165) is 33.7 Å². The maximum absolute atomic E-state index is 5.65. The average molecular weight is 253 g/mol. The number of aromatic amines is 1. The Balaban J connectivity index is 2.15. The zero-order chi connectivity index (χ0) is 13.2. The van der Waals surface area contributed by atoms with Gasteiger partial charge in [0.2, 0.25) is 0 Å². The van der Waals surface area contributed by atoms with Gasteiger partial charge in [0, 0.05) is 6.54 Å². The molecule has 0 spiro atoms. The molecule has 0 aliphatic carbocycles. The fourth-order valence-electron chi connectivity index (χ4n) is 2.15. The van der Waals surface area contributed by atoms with Crippen molar-refractivity contribution < 1.29 is 4.74 Å². The summed E-state index contributed by atoms with van der Waals surface area (Å²) < 4.78 is 5.36. The number of ether oxygens (including phenoxy) is 1. The number of hydrogen-bond acceptors (Lipinski definition) is 3. The molecule has 0 aliphatic heterocycles. The van der Waals surface area contributed by atoms with Crippen molar-refractivity contribution in [3.05, 3.63) is 48.0 Å². The summed E-state index contributed by atoms with van der Waals surface area (Å²) in [5.74, 6) is 1.61. The van der Waals surface area contributed by atoms with Gasteiger partial charge < -0.3 is 15.5 Å². The van der Waals surface area contributed by atoms with E-state index < -0.39 is 0 Å². The molecule has 2 aromatic carbocycles. The van der Waals surface area contributed by atoms with E-state index in [0.29, 0.717) is 6.54 Å². The summed E-state index contributed by atoms with van der Waals surface area (Å²) in [7, 11) is 1.66. The van der Waals surface area contributed by atoms with Crippen molar-refractivity contribution in [2.24, 2.45) is 5.73 Å². The summed E-state index contributed by atoms with van der Waals surface area (Å²) in [6.45, 7) is 0.527. The van der Waals surface area contributed by atoms with Gasteiger partial charge in [0.05, 0.1) is 23.7 Å². The Labute approximate surface area is 111 Å². The molecule has 0 unspecified atom stereocenters. The van der Waals surface area contributed by atoms with Crippen LogP contribution in [0.5, 0.6) is 5.75 Å². The quantitative estimate of drug-likeness (QED) is 0.754. The molecule has 0 atom stereocenters. The summed E-state index contributed by atoms with van der Waals surface area (Å²) in [5, 5.41) is 0. The third-order valence-corrected chi connectivity index (χ3v) is 3.14. The van der Waals surface area contributed by atoms with E-state index in [1.54, 1.807) is 7.11 Å². The molecule has 0 saturated carbocycles. The number of nitrogens with one attached hydrogen (secondary N) is 1. The topological polar surface area (TPSA) is 63.9 Å². The number of benzene rings is 2. The smallest absolute Gasteiger partial charge is 0.142 e. The summed E-state index contributed by atoms with van der Waals surface area (Å²) in [6, 6.07) is 13.8. The number of rotatable bonds is 3. The van der Waals surface area contributed by atoms with Crippen molar-refractivity contribution in [3.63, 3.8) is 0 Å². The highest BCUT2D eigenvalue weighted by molar-refractivity contribution is 5.81. The van der Waals surface area contributed by atoms with Crippen molar-refractivity contribution in [3.8, 4) is 17.1 Å². The number of hydrogen-bond donors (Lipinski definition) is 2. The molecular formula is C15H15N3O. The van der Waals surface area contributed by atoms with Crippen LogP contribution in [0.4, 0.5) is 0 Å². The number of imidazole rings is 1. The molecule has 19 heavy (non-hydrogen) atoms. The minimum atomic E-state index is 0.527. The zero-order valence-corrected chi connectivity index (χ0v) is 10.7. The molecule has 0 amide bonds. The van der Waals surface area contributed by atoms with E-state index in [-0.39, 0.29) is 0 Å². The van der Waals surface area contributed by atoms with E-state index >= 15 is 0 Å². The third-order valence-electron chi connectivity index (χ3n) is 3.14. The van der Waals surface area contributed by atoms with Crippen LogP contribution in [-0.2, 0) is 6.54 Å². The Morgan fingerprint density at radius 3 is 2.84 bits per heavy atom. The maximum Gasteiger partial charge on any atom is 0.142 e. The largest absolute Gasteiger partial charge is 0.496 e. The van der Waals surface area contributed by atoms with Gasteiger partial charge in [0.25, 0.3) is 0 Å². The summed E-state index contributed by atoms with van der Waals surface area (Å²) in [6.07, 6.45) is 0. The molecule has 1 aromatic heterocycles. The number of nitrogens with two attached hydrogens (primary N) is 1. The van der Waals surface area contributed by atoms with Crippen LogP contribution in [-0.4, -0.2) is 17.1 Å². The molecule has 3 N–H and O–H groups in total. The van der Waals surface area contributed by atoms with Crippen molar-refractivity contribution in [2.45, 2.75) is 6.54 Å². The monoisotopic (exact) mass is 253 g/mol. The Kier molecular flexibility index (Phi) is 2.93. The second kappa shape index (κ2) is 4.74. The predicted molar refractivity (Wildman–Crippen MR) is 76.0 cm³/mol. The molecule has 4 heteroatoms. The Morgan fingerprint density at radius 1 is 1.21 bits per heavy atom. The first kappa shape index (κ1) is 11.7. The Bertz CT molecular complexity index is 718. The van der Waals surface area contributed by atoms with Gasteiger partial charge in [-0.05, 0) is 29.8 Å². The Morgan fingerprint density at radius 2 is 2.05 bits per heavy atom. The SMILES string of the molecule is COc1ccccc1-c1nc2ccc(CN)cc2[nH]1. The lowest BCUT2D eigenvalue weighted by molar-refractivity contribution is 0.416. The number of nitrogens with zero attached hydrogens (tertiary/aromatic N) is 1. The molecule has 0 saturated heterocycles. The highest BCUT2D eigenvalue weighted by Gasteiger charge is 2.09.